The zero-order valence-electron chi connectivity index (χ0n) is 42.7. The Kier molecular flexibility index (Phi) is 21.0. The van der Waals surface area contributed by atoms with Gasteiger partial charge in [0, 0.05) is 5.02 Å². The van der Waals surface area contributed by atoms with Crippen LogP contribution in [0.1, 0.15) is 64.5 Å². The molecule has 0 atom stereocenters. The highest BCUT2D eigenvalue weighted by Crippen LogP contribution is 2.26. The minimum atomic E-state index is -3.74. The average Bonchev–Trinajstić information content (AvgIpc) is 3.43. The number of carboxylic acid groups (broad SMARTS) is 3. The zero-order valence-corrected chi connectivity index (χ0v) is 46.0. The van der Waals surface area contributed by atoms with Crippen molar-refractivity contribution in [2.24, 2.45) is 0 Å². The number of methoxy groups -OCH3 is 1. The van der Waals surface area contributed by atoms with Crippen LogP contribution in [-0.4, -0.2) is 71.8 Å². The fourth-order valence-electron chi connectivity index (χ4n) is 7.91. The molecular formula is C59H56ClN3O13S3. The standard InChI is InChI=1S/C22H21NO5S.C21H18ClNO4S.C16H17NO4S/c1-28-19-11-13-20(14-12-19)29(26,27)23-21-8-3-2-6-17(21)10-9-16-5-4-7-18(15-16)22(24)25;22-18-10-12-19(13-11-18)28(26,27)23-20-7-2-1-5-16(20)9-8-15-4-3-6-17(14-15)21(24)25;1-22(20,21)17-15-8-3-2-6-13(15)10-9-12-5-4-7-14(11-12)16(18)19/h2-8,11-15,23H,9-10H2,1H3,(H,24,25);1-7,10-14,23H,8-9H2,(H,24,25);2-8,11,17H,9-10H2,1H3,(H,18,19). The maximum atomic E-state index is 12.7. The first-order chi connectivity index (χ1) is 37.6. The lowest BCUT2D eigenvalue weighted by molar-refractivity contribution is 0.0686. The summed E-state index contributed by atoms with van der Waals surface area (Å²) in [6, 6.07) is 53.8. The highest BCUT2D eigenvalue weighted by Gasteiger charge is 2.18. The molecule has 79 heavy (non-hydrogen) atoms. The lowest BCUT2D eigenvalue weighted by atomic mass is 10.0. The van der Waals surface area contributed by atoms with Crippen molar-refractivity contribution in [1.82, 2.24) is 0 Å². The van der Waals surface area contributed by atoms with E-state index in [0.717, 1.165) is 39.6 Å². The van der Waals surface area contributed by atoms with Gasteiger partial charge in [-0.05, 0) is 175 Å². The second-order valence-electron chi connectivity index (χ2n) is 17.7. The molecule has 0 saturated heterocycles. The number of aromatic carboxylic acids is 3. The van der Waals surface area contributed by atoms with Crippen LogP contribution >= 0.6 is 11.6 Å². The van der Waals surface area contributed by atoms with Crippen LogP contribution in [0.3, 0.4) is 0 Å². The largest absolute Gasteiger partial charge is 0.497 e. The van der Waals surface area contributed by atoms with Crippen molar-refractivity contribution in [3.8, 4) is 5.75 Å². The number of ether oxygens (including phenoxy) is 1. The zero-order chi connectivity index (χ0) is 57.2. The molecular weight excluding hydrogens is 1090 g/mol. The van der Waals surface area contributed by atoms with Gasteiger partial charge in [0.2, 0.25) is 10.0 Å². The summed E-state index contributed by atoms with van der Waals surface area (Å²) in [4.78, 5) is 33.5. The first-order valence-corrected chi connectivity index (χ1v) is 29.5. The first kappa shape index (κ1) is 59.7. The van der Waals surface area contributed by atoms with E-state index < -0.39 is 48.0 Å². The number of hydrogen-bond donors (Lipinski definition) is 6. The van der Waals surface area contributed by atoms with E-state index >= 15 is 0 Å². The number of carbonyl (C=O) groups is 3. The van der Waals surface area contributed by atoms with E-state index in [-0.39, 0.29) is 26.5 Å². The molecule has 20 heteroatoms. The van der Waals surface area contributed by atoms with Crippen LogP contribution in [-0.2, 0) is 68.6 Å². The van der Waals surface area contributed by atoms with Gasteiger partial charge in [-0.2, -0.15) is 0 Å². The Morgan fingerprint density at radius 2 is 0.734 bits per heavy atom. The van der Waals surface area contributed by atoms with Crippen molar-refractivity contribution < 1.29 is 59.7 Å². The molecule has 0 aromatic heterocycles. The molecule has 0 saturated carbocycles. The first-order valence-electron chi connectivity index (χ1n) is 24.2. The summed E-state index contributed by atoms with van der Waals surface area (Å²) in [5, 5.41) is 27.7. The average molecular weight is 1150 g/mol. The SMILES string of the molecule is COc1ccc(S(=O)(=O)Nc2ccccc2CCc2cccc(C(=O)O)c2)cc1.CS(=O)(=O)Nc1ccccc1CCc1cccc(C(=O)O)c1.O=C(O)c1cccc(CCc2ccccc2NS(=O)(=O)c2ccc(Cl)cc2)c1. The summed E-state index contributed by atoms with van der Waals surface area (Å²) in [6.45, 7) is 0. The number of hydrogen-bond acceptors (Lipinski definition) is 10. The van der Waals surface area contributed by atoms with Gasteiger partial charge in [-0.25, -0.2) is 39.6 Å². The summed E-state index contributed by atoms with van der Waals surface area (Å²) < 4.78 is 86.3. The number of aryl methyl sites for hydroxylation is 6. The molecule has 0 aliphatic rings. The summed E-state index contributed by atoms with van der Waals surface area (Å²) in [5.41, 5.74) is 7.41. The molecule has 0 unspecified atom stereocenters. The van der Waals surface area contributed by atoms with E-state index in [1.165, 1.54) is 43.5 Å². The van der Waals surface area contributed by atoms with Crippen LogP contribution in [0.2, 0.25) is 5.02 Å². The molecule has 6 N–H and O–H groups in total. The number of sulfonamides is 3. The Hall–Kier alpha value is -8.49. The van der Waals surface area contributed by atoms with Gasteiger partial charge in [0.15, 0.2) is 0 Å². The minimum Gasteiger partial charge on any atom is -0.497 e. The van der Waals surface area contributed by atoms with Gasteiger partial charge in [0.05, 0.1) is 56.9 Å². The molecule has 0 bridgehead atoms. The van der Waals surface area contributed by atoms with Crippen molar-refractivity contribution in [3.63, 3.8) is 0 Å². The van der Waals surface area contributed by atoms with E-state index in [2.05, 4.69) is 14.2 Å². The third kappa shape index (κ3) is 18.6. The molecule has 0 radical (unpaired) electrons. The van der Waals surface area contributed by atoms with Gasteiger partial charge in [0.25, 0.3) is 20.0 Å². The molecule has 0 spiro atoms. The van der Waals surface area contributed by atoms with Crippen LogP contribution in [0.25, 0.3) is 0 Å². The summed E-state index contributed by atoms with van der Waals surface area (Å²) in [5.74, 6) is -2.33. The number of nitrogens with one attached hydrogen (secondary N) is 3. The topological polar surface area (TPSA) is 260 Å². The monoisotopic (exact) mass is 1150 g/mol. The molecule has 0 amide bonds. The van der Waals surface area contributed by atoms with E-state index in [4.69, 9.17) is 31.7 Å². The van der Waals surface area contributed by atoms with Gasteiger partial charge >= 0.3 is 17.9 Å². The minimum absolute atomic E-state index is 0.126. The van der Waals surface area contributed by atoms with Gasteiger partial charge < -0.3 is 20.1 Å². The van der Waals surface area contributed by atoms with Gasteiger partial charge in [-0.3, -0.25) is 14.2 Å². The van der Waals surface area contributed by atoms with Gasteiger partial charge in [0.1, 0.15) is 5.75 Å². The third-order valence-electron chi connectivity index (χ3n) is 11.9. The summed E-state index contributed by atoms with van der Waals surface area (Å²) in [6.07, 6.45) is 4.64. The highest BCUT2D eigenvalue weighted by atomic mass is 35.5. The van der Waals surface area contributed by atoms with E-state index in [1.54, 1.807) is 103 Å². The fraction of sp³-hybridized carbons (Fsp3) is 0.136. The lowest BCUT2D eigenvalue weighted by Gasteiger charge is -2.13. The Morgan fingerprint density at radius 3 is 1.05 bits per heavy atom. The lowest BCUT2D eigenvalue weighted by Crippen LogP contribution is -2.14. The van der Waals surface area contributed by atoms with Crippen molar-refractivity contribution in [3.05, 3.63) is 249 Å². The summed E-state index contributed by atoms with van der Waals surface area (Å²) >= 11 is 5.83. The van der Waals surface area contributed by atoms with Crippen LogP contribution in [0.15, 0.2) is 204 Å². The smallest absolute Gasteiger partial charge is 0.335 e. The normalized spacial score (nSPS) is 11.1. The van der Waals surface area contributed by atoms with Crippen molar-refractivity contribution in [1.29, 1.82) is 0 Å². The Balaban J connectivity index is 0.000000193. The molecule has 0 aliphatic carbocycles. The Bertz CT molecular complexity index is 3770. The second-order valence-corrected chi connectivity index (χ2v) is 23.3. The van der Waals surface area contributed by atoms with Crippen LogP contribution in [0, 0.1) is 0 Å². The quantitative estimate of drug-likeness (QED) is 0.0392. The number of halogens is 1. The van der Waals surface area contributed by atoms with Gasteiger partial charge in [-0.15, -0.1) is 0 Å². The molecule has 8 aromatic carbocycles. The number of para-hydroxylation sites is 3. The van der Waals surface area contributed by atoms with E-state index in [9.17, 15) is 39.6 Å². The van der Waals surface area contributed by atoms with Crippen molar-refractivity contribution >= 4 is 76.6 Å². The van der Waals surface area contributed by atoms with Crippen LogP contribution in [0.4, 0.5) is 17.1 Å². The third-order valence-corrected chi connectivity index (χ3v) is 15.5. The molecule has 410 valence electrons. The predicted molar refractivity (Wildman–Crippen MR) is 306 cm³/mol. The molecule has 8 rings (SSSR count). The molecule has 8 aromatic rings. The second kappa shape index (κ2) is 27.7. The maximum absolute atomic E-state index is 12.7. The number of rotatable bonds is 21. The summed E-state index contributed by atoms with van der Waals surface area (Å²) in [7, 11) is -9.30. The molecule has 0 aliphatic heterocycles. The highest BCUT2D eigenvalue weighted by molar-refractivity contribution is 7.93. The maximum Gasteiger partial charge on any atom is 0.335 e. The molecule has 0 heterocycles. The number of benzene rings is 8. The predicted octanol–water partition coefficient (Wildman–Crippen LogP) is 11.1. The van der Waals surface area contributed by atoms with Crippen molar-refractivity contribution in [2.75, 3.05) is 27.5 Å². The van der Waals surface area contributed by atoms with E-state index in [0.29, 0.717) is 66.4 Å². The Labute approximate surface area is 464 Å². The fourth-order valence-corrected chi connectivity index (χ4v) is 10.8. The molecule has 0 fully saturated rings. The van der Waals surface area contributed by atoms with E-state index in [1.807, 2.05) is 54.6 Å². The Morgan fingerprint density at radius 1 is 0.418 bits per heavy atom. The van der Waals surface area contributed by atoms with Gasteiger partial charge in [-0.1, -0.05) is 103 Å². The number of anilines is 3. The van der Waals surface area contributed by atoms with Crippen LogP contribution < -0.4 is 18.9 Å². The van der Waals surface area contributed by atoms with Crippen molar-refractivity contribution in [2.45, 2.75) is 48.3 Å². The number of carboxylic acids is 3. The molecule has 16 nitrogen and oxygen atoms in total. The van der Waals surface area contributed by atoms with Crippen LogP contribution in [0.5, 0.6) is 5.75 Å².